The highest BCUT2D eigenvalue weighted by molar-refractivity contribution is 6.23. The third kappa shape index (κ3) is 3.64. The zero-order chi connectivity index (χ0) is 33.1. The van der Waals surface area contributed by atoms with Gasteiger partial charge in [-0.3, -0.25) is 0 Å². The Bertz CT molecular complexity index is 2850. The van der Waals surface area contributed by atoms with Crippen LogP contribution in [0.1, 0.15) is 25.0 Å². The van der Waals surface area contributed by atoms with Gasteiger partial charge in [0.1, 0.15) is 11.2 Å². The number of para-hydroxylation sites is 3. The van der Waals surface area contributed by atoms with Gasteiger partial charge in [0.15, 0.2) is 23.0 Å². The van der Waals surface area contributed by atoms with Crippen LogP contribution in [-0.4, -0.2) is 0 Å². The molecule has 50 heavy (non-hydrogen) atoms. The number of hydrogen-bond acceptors (Lipinski definition) is 3. The van der Waals surface area contributed by atoms with Gasteiger partial charge < -0.3 is 13.9 Å². The lowest BCUT2D eigenvalue weighted by Crippen LogP contribution is -2.15. The molecule has 0 amide bonds. The Kier molecular flexibility index (Phi) is 5.45. The van der Waals surface area contributed by atoms with Gasteiger partial charge in [-0.05, 0) is 85.8 Å². The summed E-state index contributed by atoms with van der Waals surface area (Å²) >= 11 is 0. The fraction of sp³-hybridized carbons (Fsp3) is 0.0638. The van der Waals surface area contributed by atoms with Gasteiger partial charge >= 0.3 is 0 Å². The molecule has 0 saturated heterocycles. The Labute approximate surface area is 288 Å². The Morgan fingerprint density at radius 2 is 0.960 bits per heavy atom. The first-order valence-electron chi connectivity index (χ1n) is 17.2. The highest BCUT2D eigenvalue weighted by Crippen LogP contribution is 2.62. The van der Waals surface area contributed by atoms with Crippen LogP contribution in [0, 0.1) is 0 Å². The second-order valence-electron chi connectivity index (χ2n) is 14.0. The number of benzene rings is 8. The summed E-state index contributed by atoms with van der Waals surface area (Å²) in [6.45, 7) is 4.64. The molecular weight excluding hydrogens is 613 g/mol. The molecule has 0 N–H and O–H groups in total. The fourth-order valence-corrected chi connectivity index (χ4v) is 8.63. The van der Waals surface area contributed by atoms with E-state index >= 15 is 0 Å². The Balaban J connectivity index is 1.25. The molecule has 0 unspecified atom stereocenters. The topological polar surface area (TPSA) is 31.6 Å². The molecular formula is C47H30O3. The van der Waals surface area contributed by atoms with Crippen molar-refractivity contribution in [3.63, 3.8) is 0 Å². The molecule has 0 bridgehead atoms. The van der Waals surface area contributed by atoms with Crippen LogP contribution in [-0.2, 0) is 5.41 Å². The first-order valence-corrected chi connectivity index (χ1v) is 17.2. The Morgan fingerprint density at radius 1 is 0.400 bits per heavy atom. The summed E-state index contributed by atoms with van der Waals surface area (Å²) in [6.07, 6.45) is 0. The standard InChI is InChI=1S/C47H30O3/c1-47(2)36-19-9-7-18-33(36)44-37(47)26-35(45-46(44)50-41-22-12-11-21-40(41)49-45)43-31-16-5-3-14-29(31)42(30-15-4-6-17-32(30)43)27-23-24-39-34(25-27)28-13-8-10-20-38(28)48-39/h3-26H,1-2H3. The van der Waals surface area contributed by atoms with E-state index in [1.165, 1.54) is 33.0 Å². The quantitative estimate of drug-likeness (QED) is 0.176. The van der Waals surface area contributed by atoms with E-state index in [4.69, 9.17) is 13.9 Å². The molecule has 8 aromatic carbocycles. The highest BCUT2D eigenvalue weighted by atomic mass is 16.6. The third-order valence-corrected chi connectivity index (χ3v) is 10.9. The van der Waals surface area contributed by atoms with Crippen LogP contribution >= 0.6 is 0 Å². The van der Waals surface area contributed by atoms with Gasteiger partial charge in [-0.1, -0.05) is 123 Å². The molecule has 9 aromatic rings. The van der Waals surface area contributed by atoms with E-state index in [0.717, 1.165) is 78.0 Å². The largest absolute Gasteiger partial charge is 0.456 e. The lowest BCUT2D eigenvalue weighted by molar-refractivity contribution is 0.361. The van der Waals surface area contributed by atoms with Crippen LogP contribution < -0.4 is 9.47 Å². The van der Waals surface area contributed by atoms with Gasteiger partial charge in [-0.25, -0.2) is 0 Å². The summed E-state index contributed by atoms with van der Waals surface area (Å²) in [5.74, 6) is 2.99. The maximum atomic E-state index is 6.93. The average molecular weight is 643 g/mol. The summed E-state index contributed by atoms with van der Waals surface area (Å²) in [5.41, 5.74) is 11.0. The van der Waals surface area contributed by atoms with E-state index in [1.54, 1.807) is 0 Å². The molecule has 1 aliphatic carbocycles. The number of ether oxygens (including phenoxy) is 2. The average Bonchev–Trinajstić information content (AvgIpc) is 3.64. The van der Waals surface area contributed by atoms with Crippen molar-refractivity contribution < 1.29 is 13.9 Å². The molecule has 236 valence electrons. The van der Waals surface area contributed by atoms with E-state index in [1.807, 2.05) is 36.4 Å². The fourth-order valence-electron chi connectivity index (χ4n) is 8.63. The molecule has 3 heteroatoms. The normalized spacial score (nSPS) is 13.9. The van der Waals surface area contributed by atoms with Crippen molar-refractivity contribution in [2.75, 3.05) is 0 Å². The molecule has 1 aromatic heterocycles. The summed E-state index contributed by atoms with van der Waals surface area (Å²) < 4.78 is 20.0. The van der Waals surface area contributed by atoms with Crippen molar-refractivity contribution in [2.24, 2.45) is 0 Å². The lowest BCUT2D eigenvalue weighted by atomic mass is 9.80. The molecule has 3 nitrogen and oxygen atoms in total. The van der Waals surface area contributed by atoms with E-state index in [-0.39, 0.29) is 5.41 Å². The highest BCUT2D eigenvalue weighted by Gasteiger charge is 2.41. The summed E-state index contributed by atoms with van der Waals surface area (Å²) in [5, 5.41) is 6.94. The van der Waals surface area contributed by atoms with Gasteiger partial charge in [-0.15, -0.1) is 0 Å². The molecule has 0 spiro atoms. The molecule has 1 aliphatic heterocycles. The molecule has 2 aliphatic rings. The molecule has 0 fully saturated rings. The minimum atomic E-state index is -0.232. The van der Waals surface area contributed by atoms with Crippen LogP contribution in [0.4, 0.5) is 0 Å². The van der Waals surface area contributed by atoms with Crippen LogP contribution in [0.15, 0.2) is 150 Å². The van der Waals surface area contributed by atoms with Crippen molar-refractivity contribution in [1.29, 1.82) is 0 Å². The van der Waals surface area contributed by atoms with Gasteiger partial charge in [0, 0.05) is 32.9 Å². The smallest absolute Gasteiger partial charge is 0.178 e. The molecule has 0 radical (unpaired) electrons. The lowest BCUT2D eigenvalue weighted by Gasteiger charge is -2.28. The van der Waals surface area contributed by atoms with Gasteiger partial charge in [-0.2, -0.15) is 0 Å². The van der Waals surface area contributed by atoms with Gasteiger partial charge in [0.25, 0.3) is 0 Å². The summed E-state index contributed by atoms with van der Waals surface area (Å²) in [7, 11) is 0. The SMILES string of the molecule is CC1(C)c2ccccc2-c2c1cc(-c1c3ccccc3c(-c3ccc4oc5ccccc5c4c3)c3ccccc13)c1c2Oc2ccccc2O1. The number of rotatable bonds is 2. The van der Waals surface area contributed by atoms with Crippen LogP contribution in [0.5, 0.6) is 23.0 Å². The second-order valence-corrected chi connectivity index (χ2v) is 14.0. The number of hydrogen-bond donors (Lipinski definition) is 0. The monoisotopic (exact) mass is 642 g/mol. The molecule has 2 heterocycles. The van der Waals surface area contributed by atoms with Crippen LogP contribution in [0.2, 0.25) is 0 Å². The van der Waals surface area contributed by atoms with Crippen LogP contribution in [0.25, 0.3) is 76.9 Å². The number of furan rings is 1. The first-order chi connectivity index (χ1) is 24.6. The predicted molar refractivity (Wildman–Crippen MR) is 204 cm³/mol. The Morgan fingerprint density at radius 3 is 1.68 bits per heavy atom. The molecule has 11 rings (SSSR count). The number of fused-ring (bicyclic) bond motifs is 11. The summed E-state index contributed by atoms with van der Waals surface area (Å²) in [4.78, 5) is 0. The Hall–Kier alpha value is -6.32. The van der Waals surface area contributed by atoms with Crippen molar-refractivity contribution in [3.05, 3.63) is 157 Å². The maximum Gasteiger partial charge on any atom is 0.178 e. The first kappa shape index (κ1) is 27.6. The third-order valence-electron chi connectivity index (χ3n) is 10.9. The van der Waals surface area contributed by atoms with Gasteiger partial charge in [0.2, 0.25) is 0 Å². The zero-order valence-corrected chi connectivity index (χ0v) is 27.6. The minimum Gasteiger partial charge on any atom is -0.456 e. The van der Waals surface area contributed by atoms with Crippen LogP contribution in [0.3, 0.4) is 0 Å². The maximum absolute atomic E-state index is 6.93. The van der Waals surface area contributed by atoms with Crippen molar-refractivity contribution in [3.8, 4) is 56.4 Å². The van der Waals surface area contributed by atoms with Crippen molar-refractivity contribution in [1.82, 2.24) is 0 Å². The van der Waals surface area contributed by atoms with Crippen molar-refractivity contribution in [2.45, 2.75) is 19.3 Å². The van der Waals surface area contributed by atoms with E-state index in [0.29, 0.717) is 0 Å². The van der Waals surface area contributed by atoms with E-state index in [2.05, 4.69) is 123 Å². The predicted octanol–water partition coefficient (Wildman–Crippen LogP) is 13.4. The molecule has 0 saturated carbocycles. The zero-order valence-electron chi connectivity index (χ0n) is 27.6. The van der Waals surface area contributed by atoms with E-state index in [9.17, 15) is 0 Å². The van der Waals surface area contributed by atoms with Crippen molar-refractivity contribution >= 4 is 43.5 Å². The van der Waals surface area contributed by atoms with E-state index < -0.39 is 0 Å². The van der Waals surface area contributed by atoms with Gasteiger partial charge in [0.05, 0.1) is 0 Å². The minimum absolute atomic E-state index is 0.232. The second kappa shape index (κ2) is 9.87. The summed E-state index contributed by atoms with van der Waals surface area (Å²) in [6, 6.07) is 51.5. The molecule has 0 atom stereocenters.